The SMILES string of the molecule is O=C(C1CCN(c2cccc3c2C(=O)N(Cc2ccc4c(c2)OCO4)C3=O)CC1)N(CCO)Cc1ccccc1. The second kappa shape index (κ2) is 11.0. The number of ether oxygens (including phenoxy) is 2. The minimum absolute atomic E-state index is 0.0389. The Bertz CT molecular complexity index is 1430. The molecule has 9 heteroatoms. The van der Waals surface area contributed by atoms with E-state index < -0.39 is 0 Å². The van der Waals surface area contributed by atoms with Crippen molar-refractivity contribution >= 4 is 23.4 Å². The number of amides is 3. The standard InChI is InChI=1S/C31H31N3O6/c35-16-15-33(18-21-5-2-1-3-6-21)29(36)23-11-13-32(14-12-23)25-8-4-7-24-28(25)31(38)34(30(24)37)19-22-9-10-26-27(17-22)40-20-39-26/h1-10,17,23,35H,11-16,18-20H2. The number of carbonyl (C=O) groups is 3. The monoisotopic (exact) mass is 541 g/mol. The number of nitrogens with zero attached hydrogens (tertiary/aromatic N) is 3. The fourth-order valence-electron chi connectivity index (χ4n) is 5.76. The largest absolute Gasteiger partial charge is 0.454 e. The number of aliphatic hydroxyl groups is 1. The number of anilines is 1. The third kappa shape index (κ3) is 4.88. The molecule has 0 radical (unpaired) electrons. The van der Waals surface area contributed by atoms with Crippen LogP contribution in [0.5, 0.6) is 11.5 Å². The molecule has 3 heterocycles. The molecule has 3 amide bonds. The van der Waals surface area contributed by atoms with Crippen LogP contribution in [0.3, 0.4) is 0 Å². The lowest BCUT2D eigenvalue weighted by atomic mass is 9.93. The maximum atomic E-state index is 13.6. The first-order valence-electron chi connectivity index (χ1n) is 13.6. The Labute approximate surface area is 232 Å². The second-order valence-electron chi connectivity index (χ2n) is 10.3. The molecule has 0 bridgehead atoms. The van der Waals surface area contributed by atoms with Gasteiger partial charge in [0.1, 0.15) is 0 Å². The topological polar surface area (TPSA) is 99.6 Å². The minimum atomic E-state index is -0.316. The summed E-state index contributed by atoms with van der Waals surface area (Å²) in [6.45, 7) is 2.14. The van der Waals surface area contributed by atoms with Gasteiger partial charge in [-0.2, -0.15) is 0 Å². The van der Waals surface area contributed by atoms with Crippen molar-refractivity contribution < 1.29 is 29.0 Å². The molecule has 206 valence electrons. The molecular formula is C31H31N3O6. The molecule has 3 aliphatic rings. The van der Waals surface area contributed by atoms with Crippen molar-refractivity contribution in [1.29, 1.82) is 0 Å². The summed E-state index contributed by atoms with van der Waals surface area (Å²) in [5.41, 5.74) is 3.35. The van der Waals surface area contributed by atoms with Gasteiger partial charge in [0, 0.05) is 32.1 Å². The van der Waals surface area contributed by atoms with Crippen molar-refractivity contribution in [2.75, 3.05) is 37.9 Å². The van der Waals surface area contributed by atoms with Gasteiger partial charge in [-0.3, -0.25) is 19.3 Å². The molecule has 0 unspecified atom stereocenters. The Morgan fingerprint density at radius 2 is 1.68 bits per heavy atom. The van der Waals surface area contributed by atoms with Crippen LogP contribution in [0.25, 0.3) is 0 Å². The Kier molecular flexibility index (Phi) is 7.13. The highest BCUT2D eigenvalue weighted by atomic mass is 16.7. The number of piperidine rings is 1. The molecule has 0 saturated carbocycles. The molecule has 40 heavy (non-hydrogen) atoms. The molecule has 9 nitrogen and oxygen atoms in total. The number of imide groups is 1. The maximum Gasteiger partial charge on any atom is 0.263 e. The van der Waals surface area contributed by atoms with E-state index in [4.69, 9.17) is 9.47 Å². The molecule has 3 aromatic rings. The Hall–Kier alpha value is -4.37. The summed E-state index contributed by atoms with van der Waals surface area (Å²) in [7, 11) is 0. The first-order valence-corrected chi connectivity index (χ1v) is 13.6. The number of fused-ring (bicyclic) bond motifs is 2. The van der Waals surface area contributed by atoms with Crippen LogP contribution < -0.4 is 14.4 Å². The highest BCUT2D eigenvalue weighted by molar-refractivity contribution is 6.23. The van der Waals surface area contributed by atoms with Crippen LogP contribution in [0, 0.1) is 5.92 Å². The Morgan fingerprint density at radius 1 is 0.900 bits per heavy atom. The first kappa shape index (κ1) is 25.9. The lowest BCUT2D eigenvalue weighted by molar-refractivity contribution is -0.137. The van der Waals surface area contributed by atoms with Gasteiger partial charge in [0.05, 0.1) is 30.0 Å². The highest BCUT2D eigenvalue weighted by Crippen LogP contribution is 2.37. The van der Waals surface area contributed by atoms with Crippen molar-refractivity contribution in [2.24, 2.45) is 5.92 Å². The molecule has 6 rings (SSSR count). The molecule has 1 N–H and O–H groups in total. The zero-order valence-electron chi connectivity index (χ0n) is 22.1. The van der Waals surface area contributed by atoms with Crippen LogP contribution in [-0.2, 0) is 17.9 Å². The number of aliphatic hydroxyl groups excluding tert-OH is 1. The lowest BCUT2D eigenvalue weighted by Crippen LogP contribution is -2.43. The van der Waals surface area contributed by atoms with Gasteiger partial charge in [0.2, 0.25) is 12.7 Å². The molecule has 3 aliphatic heterocycles. The van der Waals surface area contributed by atoms with E-state index in [-0.39, 0.29) is 50.1 Å². The summed E-state index contributed by atoms with van der Waals surface area (Å²) in [6, 6.07) is 20.6. The molecule has 3 aromatic carbocycles. The van der Waals surface area contributed by atoms with Crippen LogP contribution >= 0.6 is 0 Å². The predicted molar refractivity (Wildman–Crippen MR) is 147 cm³/mol. The number of hydrogen-bond acceptors (Lipinski definition) is 7. The van der Waals surface area contributed by atoms with E-state index in [1.165, 1.54) is 4.90 Å². The van der Waals surface area contributed by atoms with Crippen molar-refractivity contribution in [3.05, 3.63) is 89.0 Å². The highest BCUT2D eigenvalue weighted by Gasteiger charge is 2.39. The van der Waals surface area contributed by atoms with Gasteiger partial charge >= 0.3 is 0 Å². The van der Waals surface area contributed by atoms with Gasteiger partial charge in [-0.15, -0.1) is 0 Å². The normalized spacial score (nSPS) is 16.4. The first-order chi connectivity index (χ1) is 19.5. The molecule has 0 spiro atoms. The number of hydrogen-bond donors (Lipinski definition) is 1. The van der Waals surface area contributed by atoms with Crippen molar-refractivity contribution in [3.8, 4) is 11.5 Å². The van der Waals surface area contributed by atoms with Crippen LogP contribution in [0.4, 0.5) is 5.69 Å². The average Bonchev–Trinajstić information content (AvgIpc) is 3.55. The van der Waals surface area contributed by atoms with Crippen molar-refractivity contribution in [1.82, 2.24) is 9.80 Å². The summed E-state index contributed by atoms with van der Waals surface area (Å²) in [4.78, 5) is 45.3. The molecule has 1 fully saturated rings. The van der Waals surface area contributed by atoms with Gasteiger partial charge in [0.25, 0.3) is 11.8 Å². The summed E-state index contributed by atoms with van der Waals surface area (Å²) < 4.78 is 10.8. The van der Waals surface area contributed by atoms with E-state index in [2.05, 4.69) is 4.90 Å². The Morgan fingerprint density at radius 3 is 2.45 bits per heavy atom. The molecule has 1 saturated heterocycles. The van der Waals surface area contributed by atoms with Crippen molar-refractivity contribution in [2.45, 2.75) is 25.9 Å². The second-order valence-corrected chi connectivity index (χ2v) is 10.3. The smallest absolute Gasteiger partial charge is 0.263 e. The van der Waals surface area contributed by atoms with Gasteiger partial charge in [0.15, 0.2) is 11.5 Å². The maximum absolute atomic E-state index is 13.6. The lowest BCUT2D eigenvalue weighted by Gasteiger charge is -2.36. The molecule has 0 aromatic heterocycles. The van der Waals surface area contributed by atoms with Gasteiger partial charge in [-0.05, 0) is 48.2 Å². The fraction of sp³-hybridized carbons (Fsp3) is 0.323. The quantitative estimate of drug-likeness (QED) is 0.436. The van der Waals surface area contributed by atoms with Crippen LogP contribution in [0.15, 0.2) is 66.7 Å². The zero-order valence-corrected chi connectivity index (χ0v) is 22.1. The number of benzene rings is 3. The van der Waals surface area contributed by atoms with Crippen molar-refractivity contribution in [3.63, 3.8) is 0 Å². The average molecular weight is 542 g/mol. The van der Waals surface area contributed by atoms with Crippen LogP contribution in [-0.4, -0.2) is 65.7 Å². The van der Waals surface area contributed by atoms with Gasteiger partial charge < -0.3 is 24.4 Å². The van der Waals surface area contributed by atoms with E-state index in [9.17, 15) is 19.5 Å². The summed E-state index contributed by atoms with van der Waals surface area (Å²) in [5, 5.41) is 9.57. The van der Waals surface area contributed by atoms with Crippen LogP contribution in [0.2, 0.25) is 0 Å². The summed E-state index contributed by atoms with van der Waals surface area (Å²) >= 11 is 0. The van der Waals surface area contributed by atoms with E-state index in [1.807, 2.05) is 48.5 Å². The number of carbonyl (C=O) groups excluding carboxylic acids is 3. The zero-order chi connectivity index (χ0) is 27.6. The summed E-state index contributed by atoms with van der Waals surface area (Å²) in [6.07, 6.45) is 1.25. The third-order valence-corrected chi connectivity index (χ3v) is 7.84. The Balaban J connectivity index is 1.14. The predicted octanol–water partition coefficient (Wildman–Crippen LogP) is 3.45. The minimum Gasteiger partial charge on any atom is -0.454 e. The number of rotatable bonds is 8. The van der Waals surface area contributed by atoms with Gasteiger partial charge in [-0.25, -0.2) is 0 Å². The summed E-state index contributed by atoms with van der Waals surface area (Å²) in [5.74, 6) is 0.497. The third-order valence-electron chi connectivity index (χ3n) is 7.84. The van der Waals surface area contributed by atoms with Gasteiger partial charge in [-0.1, -0.05) is 42.5 Å². The van der Waals surface area contributed by atoms with E-state index >= 15 is 0 Å². The van der Waals surface area contributed by atoms with Crippen LogP contribution in [0.1, 0.15) is 44.7 Å². The van der Waals surface area contributed by atoms with E-state index in [0.717, 1.165) is 16.8 Å². The van der Waals surface area contributed by atoms with E-state index in [1.54, 1.807) is 23.1 Å². The van der Waals surface area contributed by atoms with E-state index in [0.29, 0.717) is 55.1 Å². The molecule has 0 atom stereocenters. The molecular weight excluding hydrogens is 510 g/mol. The fourth-order valence-corrected chi connectivity index (χ4v) is 5.76. The molecule has 0 aliphatic carbocycles.